The second-order valence-corrected chi connectivity index (χ2v) is 6.28. The largest absolute Gasteiger partial charge is 0.215 e. The van der Waals surface area contributed by atoms with Gasteiger partial charge in [-0.1, -0.05) is 27.5 Å². The van der Waals surface area contributed by atoms with Crippen LogP contribution in [0.5, 0.6) is 0 Å². The van der Waals surface area contributed by atoms with Gasteiger partial charge in [0.25, 0.3) is 0 Å². The van der Waals surface area contributed by atoms with Crippen LogP contribution in [-0.2, 0) is 16.4 Å². The van der Waals surface area contributed by atoms with Gasteiger partial charge in [0.05, 0.1) is 6.26 Å². The number of sulfonamides is 1. The Morgan fingerprint density at radius 2 is 2.13 bits per heavy atom. The van der Waals surface area contributed by atoms with E-state index in [0.29, 0.717) is 18.0 Å². The van der Waals surface area contributed by atoms with Gasteiger partial charge in [-0.15, -0.1) is 0 Å². The Balaban J connectivity index is 2.61. The van der Waals surface area contributed by atoms with Crippen LogP contribution in [0.25, 0.3) is 0 Å². The molecule has 0 aliphatic heterocycles. The molecule has 0 atom stereocenters. The predicted octanol–water partition coefficient (Wildman–Crippen LogP) is 2.19. The van der Waals surface area contributed by atoms with Crippen LogP contribution in [0.4, 0.5) is 0 Å². The summed E-state index contributed by atoms with van der Waals surface area (Å²) in [6.07, 6.45) is 1.74. The second-order valence-electron chi connectivity index (χ2n) is 3.15. The highest BCUT2D eigenvalue weighted by Crippen LogP contribution is 2.21. The summed E-state index contributed by atoms with van der Waals surface area (Å²) in [5.74, 6) is 0. The van der Waals surface area contributed by atoms with Gasteiger partial charge < -0.3 is 0 Å². The Morgan fingerprint density at radius 1 is 1.47 bits per heavy atom. The lowest BCUT2D eigenvalue weighted by molar-refractivity contribution is 0.588. The van der Waals surface area contributed by atoms with Crippen LogP contribution in [0.1, 0.15) is 5.56 Å². The molecule has 1 rings (SSSR count). The van der Waals surface area contributed by atoms with E-state index in [-0.39, 0.29) is 0 Å². The highest BCUT2D eigenvalue weighted by Gasteiger charge is 2.03. The van der Waals surface area contributed by atoms with Gasteiger partial charge in [-0.2, -0.15) is 0 Å². The van der Waals surface area contributed by atoms with Crippen molar-refractivity contribution < 1.29 is 8.42 Å². The minimum absolute atomic E-state index is 0.373. The summed E-state index contributed by atoms with van der Waals surface area (Å²) in [7, 11) is -3.12. The fourth-order valence-electron chi connectivity index (χ4n) is 1.11. The van der Waals surface area contributed by atoms with Crippen molar-refractivity contribution in [3.8, 4) is 0 Å². The summed E-state index contributed by atoms with van der Waals surface area (Å²) in [5.41, 5.74) is 0.985. The van der Waals surface area contributed by atoms with Crippen molar-refractivity contribution in [1.29, 1.82) is 0 Å². The van der Waals surface area contributed by atoms with E-state index in [2.05, 4.69) is 20.7 Å². The molecule has 1 aromatic carbocycles. The maximum atomic E-state index is 10.8. The molecule has 1 N–H and O–H groups in total. The molecule has 6 heteroatoms. The van der Waals surface area contributed by atoms with Crippen molar-refractivity contribution in [2.45, 2.75) is 6.42 Å². The first-order valence-electron chi connectivity index (χ1n) is 4.27. The van der Waals surface area contributed by atoms with Gasteiger partial charge in [0.1, 0.15) is 0 Å². The third-order valence-corrected chi connectivity index (χ3v) is 3.50. The van der Waals surface area contributed by atoms with Gasteiger partial charge in [-0.3, -0.25) is 0 Å². The van der Waals surface area contributed by atoms with Gasteiger partial charge in [0, 0.05) is 16.0 Å². The molecule has 15 heavy (non-hydrogen) atoms. The molecule has 0 saturated carbocycles. The zero-order valence-electron chi connectivity index (χ0n) is 8.13. The molecule has 0 aliphatic carbocycles. The monoisotopic (exact) mass is 311 g/mol. The maximum absolute atomic E-state index is 10.8. The first kappa shape index (κ1) is 13.0. The minimum Gasteiger partial charge on any atom is -0.215 e. The SMILES string of the molecule is CS(=O)(=O)NCCc1cc(Cl)ccc1Br. The summed E-state index contributed by atoms with van der Waals surface area (Å²) in [6.45, 7) is 0.373. The summed E-state index contributed by atoms with van der Waals surface area (Å²) in [6, 6.07) is 5.44. The highest BCUT2D eigenvalue weighted by atomic mass is 79.9. The summed E-state index contributed by atoms with van der Waals surface area (Å²) in [4.78, 5) is 0. The van der Waals surface area contributed by atoms with Crippen LogP contribution in [-0.4, -0.2) is 21.2 Å². The van der Waals surface area contributed by atoms with Gasteiger partial charge >= 0.3 is 0 Å². The topological polar surface area (TPSA) is 46.2 Å². The van der Waals surface area contributed by atoms with Gasteiger partial charge in [-0.05, 0) is 30.2 Å². The summed E-state index contributed by atoms with van der Waals surface area (Å²) >= 11 is 9.20. The molecule has 0 fully saturated rings. The predicted molar refractivity (Wildman–Crippen MR) is 65.7 cm³/mol. The molecule has 0 heterocycles. The lowest BCUT2D eigenvalue weighted by Crippen LogP contribution is -2.24. The molecule has 1 aromatic rings. The molecule has 0 aliphatic rings. The highest BCUT2D eigenvalue weighted by molar-refractivity contribution is 9.10. The molecule has 0 amide bonds. The van der Waals surface area contributed by atoms with E-state index in [1.54, 1.807) is 6.07 Å². The first-order valence-corrected chi connectivity index (χ1v) is 7.33. The Hall–Kier alpha value is -0.100. The van der Waals surface area contributed by atoms with Crippen LogP contribution < -0.4 is 4.72 Å². The Morgan fingerprint density at radius 3 is 2.73 bits per heavy atom. The molecular formula is C9H11BrClNO2S. The van der Waals surface area contributed by atoms with E-state index in [1.165, 1.54) is 0 Å². The zero-order chi connectivity index (χ0) is 11.5. The second kappa shape index (κ2) is 5.30. The Kier molecular flexibility index (Phi) is 4.58. The van der Waals surface area contributed by atoms with Crippen LogP contribution in [0.2, 0.25) is 5.02 Å². The van der Waals surface area contributed by atoms with E-state index in [0.717, 1.165) is 16.3 Å². The molecule has 0 aromatic heterocycles. The molecule has 3 nitrogen and oxygen atoms in total. The summed E-state index contributed by atoms with van der Waals surface area (Å²) in [5, 5.41) is 0.646. The smallest absolute Gasteiger partial charge is 0.208 e. The third kappa shape index (κ3) is 4.97. The lowest BCUT2D eigenvalue weighted by Gasteiger charge is -2.05. The van der Waals surface area contributed by atoms with Gasteiger partial charge in [0.2, 0.25) is 10.0 Å². The number of benzene rings is 1. The van der Waals surface area contributed by atoms with Crippen molar-refractivity contribution in [2.75, 3.05) is 12.8 Å². The average molecular weight is 313 g/mol. The Labute approximate surface area is 103 Å². The third-order valence-electron chi connectivity index (χ3n) is 1.77. The van der Waals surface area contributed by atoms with E-state index < -0.39 is 10.0 Å². The van der Waals surface area contributed by atoms with Crippen molar-refractivity contribution >= 4 is 37.6 Å². The van der Waals surface area contributed by atoms with Crippen LogP contribution in [0, 0.1) is 0 Å². The number of rotatable bonds is 4. The number of nitrogens with one attached hydrogen (secondary N) is 1. The number of hydrogen-bond donors (Lipinski definition) is 1. The molecule has 0 bridgehead atoms. The molecular weight excluding hydrogens is 302 g/mol. The van der Waals surface area contributed by atoms with Crippen molar-refractivity contribution in [3.63, 3.8) is 0 Å². The lowest BCUT2D eigenvalue weighted by atomic mass is 10.1. The molecule has 0 radical (unpaired) electrons. The average Bonchev–Trinajstić information content (AvgIpc) is 2.09. The normalized spacial score (nSPS) is 11.7. The number of hydrogen-bond acceptors (Lipinski definition) is 2. The summed E-state index contributed by atoms with van der Waals surface area (Å²) < 4.78 is 25.0. The molecule has 0 unspecified atom stereocenters. The molecule has 0 saturated heterocycles. The zero-order valence-corrected chi connectivity index (χ0v) is 11.3. The maximum Gasteiger partial charge on any atom is 0.208 e. The standard InChI is InChI=1S/C9H11BrClNO2S/c1-15(13,14)12-5-4-7-6-8(11)2-3-9(7)10/h2-3,6,12H,4-5H2,1H3. The van der Waals surface area contributed by atoms with Crippen molar-refractivity contribution in [1.82, 2.24) is 4.72 Å². The fourth-order valence-corrected chi connectivity index (χ4v) is 2.22. The quantitative estimate of drug-likeness (QED) is 0.926. The minimum atomic E-state index is -3.12. The van der Waals surface area contributed by atoms with Crippen LogP contribution >= 0.6 is 27.5 Å². The van der Waals surface area contributed by atoms with Crippen molar-refractivity contribution in [3.05, 3.63) is 33.3 Å². The first-order chi connectivity index (χ1) is 6.88. The van der Waals surface area contributed by atoms with Crippen molar-refractivity contribution in [2.24, 2.45) is 0 Å². The Bertz CT molecular complexity index is 447. The fraction of sp³-hybridized carbons (Fsp3) is 0.333. The van der Waals surface area contributed by atoms with Crippen LogP contribution in [0.3, 0.4) is 0 Å². The molecule has 0 spiro atoms. The van der Waals surface area contributed by atoms with Gasteiger partial charge in [0.15, 0.2) is 0 Å². The van der Waals surface area contributed by atoms with Crippen LogP contribution in [0.15, 0.2) is 22.7 Å². The van der Waals surface area contributed by atoms with E-state index in [9.17, 15) is 8.42 Å². The van der Waals surface area contributed by atoms with E-state index in [1.807, 2.05) is 12.1 Å². The molecule has 84 valence electrons. The number of halogens is 2. The van der Waals surface area contributed by atoms with E-state index >= 15 is 0 Å². The van der Waals surface area contributed by atoms with E-state index in [4.69, 9.17) is 11.6 Å². The van der Waals surface area contributed by atoms with Gasteiger partial charge in [-0.25, -0.2) is 13.1 Å².